The lowest BCUT2D eigenvalue weighted by atomic mass is 10.0. The van der Waals surface area contributed by atoms with Crippen LogP contribution in [0.2, 0.25) is 0 Å². The zero-order valence-corrected chi connectivity index (χ0v) is 9.82. The molecule has 0 saturated carbocycles. The Labute approximate surface area is 88.7 Å². The Morgan fingerprint density at radius 2 is 2.08 bits per heavy atom. The summed E-state index contributed by atoms with van der Waals surface area (Å²) < 4.78 is 1.18. The largest absolute Gasteiger partial charge is 0.319 e. The van der Waals surface area contributed by atoms with Crippen molar-refractivity contribution in [3.8, 4) is 0 Å². The van der Waals surface area contributed by atoms with Gasteiger partial charge in [-0.2, -0.15) is 0 Å². The molecule has 0 aliphatic rings. The van der Waals surface area contributed by atoms with Crippen molar-refractivity contribution in [1.29, 1.82) is 0 Å². The summed E-state index contributed by atoms with van der Waals surface area (Å²) in [5.74, 6) is 0. The van der Waals surface area contributed by atoms with Crippen LogP contribution < -0.4 is 5.32 Å². The fraction of sp³-hybridized carbons (Fsp3) is 0.455. The molecule has 0 heterocycles. The number of halogens is 1. The molecular formula is C11H16BrN. The quantitative estimate of drug-likeness (QED) is 0.856. The van der Waals surface area contributed by atoms with Crippen LogP contribution in [0.3, 0.4) is 0 Å². The summed E-state index contributed by atoms with van der Waals surface area (Å²) in [5.41, 5.74) is 2.91. The average molecular weight is 242 g/mol. The Bertz CT molecular complexity index is 271. The lowest BCUT2D eigenvalue weighted by Gasteiger charge is -2.07. The molecule has 13 heavy (non-hydrogen) atoms. The monoisotopic (exact) mass is 241 g/mol. The fourth-order valence-corrected chi connectivity index (χ4v) is 1.84. The van der Waals surface area contributed by atoms with Gasteiger partial charge in [-0.25, -0.2) is 0 Å². The van der Waals surface area contributed by atoms with Crippen LogP contribution in [-0.4, -0.2) is 13.6 Å². The normalized spacial score (nSPS) is 10.4. The molecule has 1 aromatic rings. The first-order chi connectivity index (χ1) is 6.27. The molecule has 1 nitrogen and oxygen atoms in total. The molecule has 1 aromatic carbocycles. The first-order valence-electron chi connectivity index (χ1n) is 4.69. The Hall–Kier alpha value is -0.340. The number of likely N-dealkylation sites (N-methyl/N-ethyl adjacent to an activating group) is 1. The molecule has 0 fully saturated rings. The van der Waals surface area contributed by atoms with Gasteiger partial charge in [0, 0.05) is 4.47 Å². The van der Waals surface area contributed by atoms with Crippen LogP contribution in [0.5, 0.6) is 0 Å². The first kappa shape index (κ1) is 10.7. The van der Waals surface area contributed by atoms with Crippen molar-refractivity contribution in [1.82, 2.24) is 5.32 Å². The smallest absolute Gasteiger partial charge is 0.0178 e. The van der Waals surface area contributed by atoms with E-state index in [1.807, 2.05) is 7.05 Å². The summed E-state index contributed by atoms with van der Waals surface area (Å²) in [6.45, 7) is 3.25. The van der Waals surface area contributed by atoms with Gasteiger partial charge in [-0.3, -0.25) is 0 Å². The van der Waals surface area contributed by atoms with Crippen LogP contribution in [0, 0.1) is 0 Å². The lowest BCUT2D eigenvalue weighted by Crippen LogP contribution is -2.11. The second-order valence-corrected chi connectivity index (χ2v) is 4.04. The highest BCUT2D eigenvalue weighted by molar-refractivity contribution is 9.10. The van der Waals surface area contributed by atoms with Crippen molar-refractivity contribution in [3.63, 3.8) is 0 Å². The molecule has 0 aromatic heterocycles. The molecule has 0 unspecified atom stereocenters. The van der Waals surface area contributed by atoms with E-state index < -0.39 is 0 Å². The van der Waals surface area contributed by atoms with Gasteiger partial charge in [0.25, 0.3) is 0 Å². The topological polar surface area (TPSA) is 12.0 Å². The van der Waals surface area contributed by atoms with Gasteiger partial charge in [-0.05, 0) is 49.7 Å². The SMILES string of the molecule is CCc1ccc(Br)cc1CCNC. The van der Waals surface area contributed by atoms with Crippen molar-refractivity contribution in [2.75, 3.05) is 13.6 Å². The highest BCUT2D eigenvalue weighted by Gasteiger charge is 2.00. The third-order valence-electron chi connectivity index (χ3n) is 2.19. The van der Waals surface area contributed by atoms with Crippen LogP contribution in [0.15, 0.2) is 22.7 Å². The van der Waals surface area contributed by atoms with E-state index in [2.05, 4.69) is 46.4 Å². The number of hydrogen-bond donors (Lipinski definition) is 1. The molecule has 1 rings (SSSR count). The van der Waals surface area contributed by atoms with Crippen molar-refractivity contribution < 1.29 is 0 Å². The molecule has 0 amide bonds. The van der Waals surface area contributed by atoms with E-state index in [-0.39, 0.29) is 0 Å². The summed E-state index contributed by atoms with van der Waals surface area (Å²) in [6.07, 6.45) is 2.23. The number of nitrogens with one attached hydrogen (secondary N) is 1. The maximum absolute atomic E-state index is 3.50. The first-order valence-corrected chi connectivity index (χ1v) is 5.49. The summed E-state index contributed by atoms with van der Waals surface area (Å²) >= 11 is 3.50. The van der Waals surface area contributed by atoms with E-state index in [1.165, 1.54) is 15.6 Å². The zero-order valence-electron chi connectivity index (χ0n) is 8.23. The van der Waals surface area contributed by atoms with E-state index >= 15 is 0 Å². The molecule has 0 radical (unpaired) electrons. The summed E-state index contributed by atoms with van der Waals surface area (Å²) in [5, 5.41) is 3.17. The van der Waals surface area contributed by atoms with E-state index in [0.29, 0.717) is 0 Å². The maximum Gasteiger partial charge on any atom is 0.0178 e. The number of aryl methyl sites for hydroxylation is 1. The van der Waals surface area contributed by atoms with Crippen molar-refractivity contribution in [2.24, 2.45) is 0 Å². The molecule has 0 saturated heterocycles. The molecule has 2 heteroatoms. The van der Waals surface area contributed by atoms with Crippen molar-refractivity contribution >= 4 is 15.9 Å². The van der Waals surface area contributed by atoms with E-state index in [1.54, 1.807) is 0 Å². The highest BCUT2D eigenvalue weighted by Crippen LogP contribution is 2.17. The van der Waals surface area contributed by atoms with Gasteiger partial charge in [0.15, 0.2) is 0 Å². The molecule has 0 aliphatic carbocycles. The van der Waals surface area contributed by atoms with Gasteiger partial charge >= 0.3 is 0 Å². The minimum atomic E-state index is 1.05. The van der Waals surface area contributed by atoms with Gasteiger partial charge in [-0.1, -0.05) is 28.9 Å². The Kier molecular flexibility index (Phi) is 4.46. The maximum atomic E-state index is 3.50. The van der Waals surface area contributed by atoms with Crippen molar-refractivity contribution in [2.45, 2.75) is 19.8 Å². The molecular weight excluding hydrogens is 226 g/mol. The number of benzene rings is 1. The van der Waals surface area contributed by atoms with Crippen LogP contribution >= 0.6 is 15.9 Å². The van der Waals surface area contributed by atoms with Crippen LogP contribution in [0.4, 0.5) is 0 Å². The molecule has 0 spiro atoms. The van der Waals surface area contributed by atoms with Gasteiger partial charge in [0.2, 0.25) is 0 Å². The van der Waals surface area contributed by atoms with Gasteiger partial charge in [-0.15, -0.1) is 0 Å². The lowest BCUT2D eigenvalue weighted by molar-refractivity contribution is 0.785. The zero-order chi connectivity index (χ0) is 9.68. The van der Waals surface area contributed by atoms with Gasteiger partial charge in [0.05, 0.1) is 0 Å². The van der Waals surface area contributed by atoms with Gasteiger partial charge in [0.1, 0.15) is 0 Å². The average Bonchev–Trinajstić information content (AvgIpc) is 2.15. The minimum Gasteiger partial charge on any atom is -0.319 e. The van der Waals surface area contributed by atoms with Crippen molar-refractivity contribution in [3.05, 3.63) is 33.8 Å². The van der Waals surface area contributed by atoms with Crippen LogP contribution in [-0.2, 0) is 12.8 Å². The molecule has 0 atom stereocenters. The highest BCUT2D eigenvalue weighted by atomic mass is 79.9. The summed E-state index contributed by atoms with van der Waals surface area (Å²) in [4.78, 5) is 0. The third-order valence-corrected chi connectivity index (χ3v) is 2.69. The molecule has 1 N–H and O–H groups in total. The summed E-state index contributed by atoms with van der Waals surface area (Å²) in [7, 11) is 1.99. The third kappa shape index (κ3) is 3.12. The van der Waals surface area contributed by atoms with E-state index in [0.717, 1.165) is 19.4 Å². The Balaban J connectivity index is 2.81. The molecule has 0 aliphatic heterocycles. The predicted molar refractivity (Wildman–Crippen MR) is 61.2 cm³/mol. The number of rotatable bonds is 4. The van der Waals surface area contributed by atoms with E-state index in [9.17, 15) is 0 Å². The molecule has 72 valence electrons. The molecule has 0 bridgehead atoms. The fourth-order valence-electron chi connectivity index (χ4n) is 1.43. The second-order valence-electron chi connectivity index (χ2n) is 3.12. The Morgan fingerprint density at radius 3 is 2.69 bits per heavy atom. The van der Waals surface area contributed by atoms with E-state index in [4.69, 9.17) is 0 Å². The standard InChI is InChI=1S/C11H16BrN/c1-3-9-4-5-11(12)8-10(9)6-7-13-2/h4-5,8,13H,3,6-7H2,1-2H3. The number of hydrogen-bond acceptors (Lipinski definition) is 1. The second kappa shape index (κ2) is 5.40. The summed E-state index contributed by atoms with van der Waals surface area (Å²) in [6, 6.07) is 6.53. The minimum absolute atomic E-state index is 1.05. The predicted octanol–water partition coefficient (Wildman–Crippen LogP) is 2.77. The van der Waals surface area contributed by atoms with Crippen LogP contribution in [0.25, 0.3) is 0 Å². The Morgan fingerprint density at radius 1 is 1.31 bits per heavy atom. The van der Waals surface area contributed by atoms with Gasteiger partial charge < -0.3 is 5.32 Å². The van der Waals surface area contributed by atoms with Crippen LogP contribution in [0.1, 0.15) is 18.1 Å².